The van der Waals surface area contributed by atoms with Gasteiger partial charge in [-0.05, 0) is 39.5 Å². The Balaban J connectivity index is 1.96. The smallest absolute Gasteiger partial charge is 0.260 e. The number of benzene rings is 2. The minimum Gasteiger partial charge on any atom is -0.506 e. The fourth-order valence-corrected chi connectivity index (χ4v) is 2.44. The number of phenolic OH excluding ortho intramolecular Hbond substituents is 1. The highest BCUT2D eigenvalue weighted by molar-refractivity contribution is 9.10. The van der Waals surface area contributed by atoms with E-state index in [0.29, 0.717) is 15.8 Å². The zero-order chi connectivity index (χ0) is 14.8. The van der Waals surface area contributed by atoms with Gasteiger partial charge in [-0.25, -0.2) is 4.98 Å². The zero-order valence-corrected chi connectivity index (χ0v) is 12.5. The monoisotopic (exact) mass is 342 g/mol. The summed E-state index contributed by atoms with van der Waals surface area (Å²) >= 11 is 3.24. The summed E-state index contributed by atoms with van der Waals surface area (Å²) in [6, 6.07) is 16.0. The molecule has 104 valence electrons. The van der Waals surface area contributed by atoms with Crippen LogP contribution in [0.4, 0.5) is 5.82 Å². The number of phenols is 1. The Labute approximate surface area is 129 Å². The molecule has 1 amide bonds. The second kappa shape index (κ2) is 5.54. The Kier molecular flexibility index (Phi) is 3.58. The van der Waals surface area contributed by atoms with Gasteiger partial charge in [0, 0.05) is 5.39 Å². The first kappa shape index (κ1) is 13.6. The van der Waals surface area contributed by atoms with Gasteiger partial charge in [0.05, 0.1) is 5.56 Å². The molecule has 0 atom stereocenters. The lowest BCUT2D eigenvalue weighted by Crippen LogP contribution is -2.13. The van der Waals surface area contributed by atoms with E-state index in [9.17, 15) is 9.90 Å². The molecule has 1 heterocycles. The van der Waals surface area contributed by atoms with Crippen molar-refractivity contribution in [2.45, 2.75) is 0 Å². The molecule has 0 aliphatic carbocycles. The minimum atomic E-state index is -0.399. The Morgan fingerprint density at radius 3 is 2.67 bits per heavy atom. The van der Waals surface area contributed by atoms with Crippen molar-refractivity contribution >= 4 is 38.4 Å². The largest absolute Gasteiger partial charge is 0.506 e. The number of carbonyl (C=O) groups excluding carboxylic acids is 1. The summed E-state index contributed by atoms with van der Waals surface area (Å²) in [5.41, 5.74) is 0.218. The number of nitrogens with one attached hydrogen (secondary N) is 1. The molecule has 0 aliphatic heterocycles. The van der Waals surface area contributed by atoms with Gasteiger partial charge in [0.15, 0.2) is 0 Å². The normalized spacial score (nSPS) is 10.5. The van der Waals surface area contributed by atoms with Crippen molar-refractivity contribution in [3.8, 4) is 5.75 Å². The van der Waals surface area contributed by atoms with E-state index in [0.717, 1.165) is 5.39 Å². The number of amides is 1. The second-order valence-corrected chi connectivity index (χ2v) is 5.30. The molecule has 0 bridgehead atoms. The van der Waals surface area contributed by atoms with Crippen molar-refractivity contribution in [3.05, 3.63) is 64.8 Å². The molecule has 4 nitrogen and oxygen atoms in total. The molecule has 2 aromatic carbocycles. The molecule has 0 radical (unpaired) electrons. The molecule has 3 aromatic rings. The average molecular weight is 343 g/mol. The third-order valence-electron chi connectivity index (χ3n) is 3.10. The second-order valence-electron chi connectivity index (χ2n) is 4.48. The van der Waals surface area contributed by atoms with E-state index in [1.165, 1.54) is 0 Å². The predicted octanol–water partition coefficient (Wildman–Crippen LogP) is 3.96. The maximum Gasteiger partial charge on any atom is 0.260 e. The molecule has 0 spiro atoms. The van der Waals surface area contributed by atoms with Crippen LogP contribution >= 0.6 is 15.9 Å². The van der Waals surface area contributed by atoms with Crippen molar-refractivity contribution < 1.29 is 9.90 Å². The summed E-state index contributed by atoms with van der Waals surface area (Å²) in [4.78, 5) is 16.4. The number of aromatic hydroxyl groups is 1. The lowest BCUT2D eigenvalue weighted by atomic mass is 10.0. The van der Waals surface area contributed by atoms with Crippen LogP contribution in [0.1, 0.15) is 10.4 Å². The van der Waals surface area contributed by atoms with Crippen LogP contribution in [-0.4, -0.2) is 16.0 Å². The number of pyridine rings is 1. The third kappa shape index (κ3) is 2.73. The lowest BCUT2D eigenvalue weighted by Gasteiger charge is -2.08. The van der Waals surface area contributed by atoms with Crippen LogP contribution in [-0.2, 0) is 0 Å². The number of aromatic nitrogens is 1. The molecule has 0 saturated carbocycles. The van der Waals surface area contributed by atoms with Crippen LogP contribution in [0, 0.1) is 0 Å². The van der Waals surface area contributed by atoms with Crippen LogP contribution in [0.2, 0.25) is 0 Å². The maximum absolute atomic E-state index is 12.3. The van der Waals surface area contributed by atoms with Gasteiger partial charge >= 0.3 is 0 Å². The van der Waals surface area contributed by atoms with Crippen molar-refractivity contribution in [2.75, 3.05) is 5.32 Å². The van der Waals surface area contributed by atoms with Gasteiger partial charge in [0.25, 0.3) is 5.91 Å². The van der Waals surface area contributed by atoms with Gasteiger partial charge in [-0.3, -0.25) is 4.79 Å². The zero-order valence-electron chi connectivity index (χ0n) is 10.9. The van der Waals surface area contributed by atoms with E-state index in [2.05, 4.69) is 26.2 Å². The highest BCUT2D eigenvalue weighted by Gasteiger charge is 2.14. The van der Waals surface area contributed by atoms with E-state index in [1.54, 1.807) is 36.4 Å². The molecule has 5 heteroatoms. The standard InChI is InChI=1S/C16H11BrN2O2/c17-13-6-3-7-14(18-13)19-16(21)12-9-8-10-4-1-2-5-11(10)15(12)20/h1-9,20H,(H,18,19,21). The van der Waals surface area contributed by atoms with Crippen LogP contribution in [0.3, 0.4) is 0 Å². The number of halogens is 1. The van der Waals surface area contributed by atoms with Gasteiger partial charge in [-0.1, -0.05) is 36.4 Å². The van der Waals surface area contributed by atoms with Crippen molar-refractivity contribution in [2.24, 2.45) is 0 Å². The summed E-state index contributed by atoms with van der Waals surface area (Å²) in [6.07, 6.45) is 0. The number of fused-ring (bicyclic) bond motifs is 1. The molecule has 1 aromatic heterocycles. The summed E-state index contributed by atoms with van der Waals surface area (Å²) in [6.45, 7) is 0. The molecule has 0 fully saturated rings. The van der Waals surface area contributed by atoms with Gasteiger partial charge in [0.2, 0.25) is 0 Å². The van der Waals surface area contributed by atoms with Crippen LogP contribution in [0.5, 0.6) is 5.75 Å². The van der Waals surface area contributed by atoms with Gasteiger partial charge in [0.1, 0.15) is 16.2 Å². The van der Waals surface area contributed by atoms with Crippen molar-refractivity contribution in [1.82, 2.24) is 4.98 Å². The van der Waals surface area contributed by atoms with Crippen molar-refractivity contribution in [3.63, 3.8) is 0 Å². The summed E-state index contributed by atoms with van der Waals surface area (Å²) in [7, 11) is 0. The van der Waals surface area contributed by atoms with Gasteiger partial charge in [-0.15, -0.1) is 0 Å². The molecular weight excluding hydrogens is 332 g/mol. The summed E-state index contributed by atoms with van der Waals surface area (Å²) in [5.74, 6) is -0.00798. The van der Waals surface area contributed by atoms with E-state index in [4.69, 9.17) is 0 Å². The first-order chi connectivity index (χ1) is 10.1. The maximum atomic E-state index is 12.3. The average Bonchev–Trinajstić information content (AvgIpc) is 2.48. The molecule has 0 saturated heterocycles. The highest BCUT2D eigenvalue weighted by Crippen LogP contribution is 2.29. The SMILES string of the molecule is O=C(Nc1cccc(Br)n1)c1ccc2ccccc2c1O. The van der Waals surface area contributed by atoms with Crippen molar-refractivity contribution in [1.29, 1.82) is 0 Å². The van der Waals surface area contributed by atoms with E-state index in [1.807, 2.05) is 18.2 Å². The van der Waals surface area contributed by atoms with E-state index in [-0.39, 0.29) is 11.3 Å². The quantitative estimate of drug-likeness (QED) is 0.693. The van der Waals surface area contributed by atoms with Crippen LogP contribution in [0.25, 0.3) is 10.8 Å². The molecule has 3 rings (SSSR count). The Bertz CT molecular complexity index is 833. The van der Waals surface area contributed by atoms with E-state index < -0.39 is 5.91 Å². The predicted molar refractivity (Wildman–Crippen MR) is 85.5 cm³/mol. The number of carbonyl (C=O) groups is 1. The molecule has 2 N–H and O–H groups in total. The van der Waals surface area contributed by atoms with Gasteiger partial charge in [-0.2, -0.15) is 0 Å². The lowest BCUT2D eigenvalue weighted by molar-refractivity contribution is 0.102. The number of anilines is 1. The Hall–Kier alpha value is -2.40. The summed E-state index contributed by atoms with van der Waals surface area (Å²) < 4.78 is 0.628. The number of hydrogen-bond donors (Lipinski definition) is 2. The molecular formula is C16H11BrN2O2. The number of hydrogen-bond acceptors (Lipinski definition) is 3. The highest BCUT2D eigenvalue weighted by atomic mass is 79.9. The van der Waals surface area contributed by atoms with Gasteiger partial charge < -0.3 is 10.4 Å². The fraction of sp³-hybridized carbons (Fsp3) is 0. The first-order valence-electron chi connectivity index (χ1n) is 6.30. The number of rotatable bonds is 2. The third-order valence-corrected chi connectivity index (χ3v) is 3.54. The molecule has 21 heavy (non-hydrogen) atoms. The van der Waals surface area contributed by atoms with Crippen LogP contribution in [0.15, 0.2) is 59.2 Å². The van der Waals surface area contributed by atoms with Crippen LogP contribution < -0.4 is 5.32 Å². The van der Waals surface area contributed by atoms with E-state index >= 15 is 0 Å². The molecule has 0 aliphatic rings. The first-order valence-corrected chi connectivity index (χ1v) is 7.09. The fourth-order valence-electron chi connectivity index (χ4n) is 2.10. The number of nitrogens with zero attached hydrogens (tertiary/aromatic N) is 1. The molecule has 0 unspecified atom stereocenters. The summed E-state index contributed by atoms with van der Waals surface area (Å²) in [5, 5.41) is 14.5. The Morgan fingerprint density at radius 1 is 1.05 bits per heavy atom. The topological polar surface area (TPSA) is 62.2 Å². The minimum absolute atomic E-state index is 0.0272. The Morgan fingerprint density at radius 2 is 1.86 bits per heavy atom.